The summed E-state index contributed by atoms with van der Waals surface area (Å²) in [7, 11) is 1.94. The molecule has 0 saturated heterocycles. The van der Waals surface area contributed by atoms with Gasteiger partial charge in [-0.15, -0.1) is 0 Å². The molecule has 0 aromatic carbocycles. The van der Waals surface area contributed by atoms with Gasteiger partial charge in [0.1, 0.15) is 0 Å². The summed E-state index contributed by atoms with van der Waals surface area (Å²) in [5.41, 5.74) is 0. The maximum Gasteiger partial charge on any atom is 0.167 e. The second kappa shape index (κ2) is 2.22. The number of rotatable bonds is 1. The lowest BCUT2D eigenvalue weighted by Gasteiger charge is -1.91. The van der Waals surface area contributed by atoms with Gasteiger partial charge in [0.25, 0.3) is 0 Å². The summed E-state index contributed by atoms with van der Waals surface area (Å²) >= 11 is 1.40. The van der Waals surface area contributed by atoms with Crippen LogP contribution >= 0.6 is 11.8 Å². The van der Waals surface area contributed by atoms with Crippen LogP contribution in [-0.2, 0) is 7.05 Å². The number of nitrogens with zero attached hydrogens (tertiary/aromatic N) is 2. The molecule has 1 radical (unpaired) electrons. The fraction of sp³-hybridized carbons (Fsp3) is 0.200. The molecule has 0 N–H and O–H groups in total. The standard InChI is InChI=1S/C5H7N2S/c1-7-4-3-6-5(7)8-2/h3-4H,2H2,1H3. The summed E-state index contributed by atoms with van der Waals surface area (Å²) in [4.78, 5) is 4.00. The molecule has 0 atom stereocenters. The molecule has 0 fully saturated rings. The van der Waals surface area contributed by atoms with E-state index in [0.717, 1.165) is 5.16 Å². The van der Waals surface area contributed by atoms with Crippen molar-refractivity contribution in [2.75, 3.05) is 0 Å². The molecule has 1 aromatic rings. The van der Waals surface area contributed by atoms with Crippen molar-refractivity contribution in [3.8, 4) is 0 Å². The molecule has 0 spiro atoms. The lowest BCUT2D eigenvalue weighted by molar-refractivity contribution is 0.792. The smallest absolute Gasteiger partial charge is 0.167 e. The van der Waals surface area contributed by atoms with Crippen LogP contribution in [0.5, 0.6) is 0 Å². The van der Waals surface area contributed by atoms with Crippen LogP contribution < -0.4 is 0 Å². The van der Waals surface area contributed by atoms with Crippen LogP contribution in [0.1, 0.15) is 0 Å². The Morgan fingerprint density at radius 1 is 1.88 bits per heavy atom. The SMILES string of the molecule is [CH2]Sc1nccn1C. The Balaban J connectivity index is 2.92. The maximum atomic E-state index is 4.00. The summed E-state index contributed by atoms with van der Waals surface area (Å²) in [6, 6.07) is 0. The van der Waals surface area contributed by atoms with E-state index in [4.69, 9.17) is 0 Å². The van der Waals surface area contributed by atoms with Crippen molar-refractivity contribution in [3.63, 3.8) is 0 Å². The van der Waals surface area contributed by atoms with Crippen molar-refractivity contribution in [2.45, 2.75) is 5.16 Å². The maximum absolute atomic E-state index is 4.00. The van der Waals surface area contributed by atoms with E-state index in [9.17, 15) is 0 Å². The largest absolute Gasteiger partial charge is 0.329 e. The van der Waals surface area contributed by atoms with E-state index in [1.54, 1.807) is 6.20 Å². The number of imidazole rings is 1. The number of aromatic nitrogens is 2. The lowest BCUT2D eigenvalue weighted by atomic mass is 10.9. The predicted molar refractivity (Wildman–Crippen MR) is 34.4 cm³/mol. The Hall–Kier alpha value is -0.440. The highest BCUT2D eigenvalue weighted by atomic mass is 32.2. The van der Waals surface area contributed by atoms with Crippen molar-refractivity contribution in [1.29, 1.82) is 0 Å². The Morgan fingerprint density at radius 3 is 2.88 bits per heavy atom. The number of hydrogen-bond donors (Lipinski definition) is 0. The Labute approximate surface area is 52.9 Å². The van der Waals surface area contributed by atoms with E-state index < -0.39 is 0 Å². The molecule has 0 unspecified atom stereocenters. The van der Waals surface area contributed by atoms with Gasteiger partial charge in [-0.05, 0) is 0 Å². The highest BCUT2D eigenvalue weighted by molar-refractivity contribution is 8.00. The van der Waals surface area contributed by atoms with Crippen molar-refractivity contribution in [3.05, 3.63) is 18.6 Å². The van der Waals surface area contributed by atoms with E-state index in [2.05, 4.69) is 11.2 Å². The average molecular weight is 127 g/mol. The average Bonchev–Trinajstić information content (AvgIpc) is 2.14. The van der Waals surface area contributed by atoms with E-state index >= 15 is 0 Å². The third kappa shape index (κ3) is 0.865. The second-order valence-corrected chi connectivity index (χ2v) is 2.12. The molecule has 1 rings (SSSR count). The molecule has 0 saturated carbocycles. The molecule has 1 heterocycles. The molecule has 1 aromatic heterocycles. The quantitative estimate of drug-likeness (QED) is 0.529. The number of hydrogen-bond acceptors (Lipinski definition) is 2. The van der Waals surface area contributed by atoms with Gasteiger partial charge in [-0.25, -0.2) is 4.98 Å². The number of aryl methyl sites for hydroxylation is 1. The van der Waals surface area contributed by atoms with Crippen molar-refractivity contribution < 1.29 is 0 Å². The zero-order valence-electron chi connectivity index (χ0n) is 4.66. The van der Waals surface area contributed by atoms with Gasteiger partial charge in [0.2, 0.25) is 0 Å². The van der Waals surface area contributed by atoms with Crippen molar-refractivity contribution >= 4 is 11.8 Å². The highest BCUT2D eigenvalue weighted by Gasteiger charge is 1.91. The number of thioether (sulfide) groups is 1. The first-order valence-electron chi connectivity index (χ1n) is 2.24. The van der Waals surface area contributed by atoms with Gasteiger partial charge in [-0.2, -0.15) is 0 Å². The zero-order valence-corrected chi connectivity index (χ0v) is 5.48. The highest BCUT2D eigenvalue weighted by Crippen LogP contribution is 2.10. The molecule has 0 aliphatic heterocycles. The normalized spacial score (nSPS) is 9.75. The molecular formula is C5H7N2S. The molecule has 0 amide bonds. The summed E-state index contributed by atoms with van der Waals surface area (Å²) in [6.07, 6.45) is 7.28. The molecule has 0 bridgehead atoms. The van der Waals surface area contributed by atoms with Gasteiger partial charge in [-0.3, -0.25) is 0 Å². The first kappa shape index (κ1) is 5.69. The summed E-state index contributed by atoms with van der Waals surface area (Å²) in [6.45, 7) is 0. The van der Waals surface area contributed by atoms with Crippen LogP contribution in [-0.4, -0.2) is 9.55 Å². The molecular weight excluding hydrogens is 120 g/mol. The van der Waals surface area contributed by atoms with Crippen LogP contribution in [0.25, 0.3) is 0 Å². The van der Waals surface area contributed by atoms with Crippen molar-refractivity contribution in [1.82, 2.24) is 9.55 Å². The van der Waals surface area contributed by atoms with E-state index in [1.807, 2.05) is 17.8 Å². The Morgan fingerprint density at radius 2 is 2.62 bits per heavy atom. The third-order valence-corrected chi connectivity index (χ3v) is 1.56. The summed E-state index contributed by atoms with van der Waals surface area (Å²) in [5.74, 6) is 0. The van der Waals surface area contributed by atoms with Gasteiger partial charge in [0.15, 0.2) is 5.16 Å². The molecule has 0 aliphatic rings. The Bertz CT molecular complexity index is 171. The first-order valence-corrected chi connectivity index (χ1v) is 3.22. The summed E-state index contributed by atoms with van der Waals surface area (Å²) < 4.78 is 1.93. The van der Waals surface area contributed by atoms with Gasteiger partial charge in [0.05, 0.1) is 0 Å². The monoisotopic (exact) mass is 127 g/mol. The Kier molecular flexibility index (Phi) is 1.58. The van der Waals surface area contributed by atoms with Gasteiger partial charge in [-0.1, -0.05) is 11.8 Å². The van der Waals surface area contributed by atoms with Crippen LogP contribution in [0.15, 0.2) is 17.6 Å². The minimum atomic E-state index is 0.949. The van der Waals surface area contributed by atoms with Gasteiger partial charge < -0.3 is 4.57 Å². The van der Waals surface area contributed by atoms with Crippen molar-refractivity contribution in [2.24, 2.45) is 7.05 Å². The van der Waals surface area contributed by atoms with E-state index in [0.29, 0.717) is 0 Å². The molecule has 8 heavy (non-hydrogen) atoms. The molecule has 3 heteroatoms. The van der Waals surface area contributed by atoms with Gasteiger partial charge >= 0.3 is 0 Å². The summed E-state index contributed by atoms with van der Waals surface area (Å²) in [5, 5.41) is 0.949. The molecule has 2 nitrogen and oxygen atoms in total. The molecule has 43 valence electrons. The van der Waals surface area contributed by atoms with Crippen LogP contribution in [0.4, 0.5) is 0 Å². The molecule has 0 aliphatic carbocycles. The van der Waals surface area contributed by atoms with Crippen LogP contribution in [0, 0.1) is 6.26 Å². The fourth-order valence-electron chi connectivity index (χ4n) is 0.491. The first-order chi connectivity index (χ1) is 3.84. The van der Waals surface area contributed by atoms with Crippen LogP contribution in [0.2, 0.25) is 0 Å². The van der Waals surface area contributed by atoms with E-state index in [1.165, 1.54) is 11.8 Å². The predicted octanol–water partition coefficient (Wildman–Crippen LogP) is 1.30. The van der Waals surface area contributed by atoms with Crippen LogP contribution in [0.3, 0.4) is 0 Å². The lowest BCUT2D eigenvalue weighted by Crippen LogP contribution is -1.85. The zero-order chi connectivity index (χ0) is 5.98. The fourth-order valence-corrected chi connectivity index (χ4v) is 0.891. The minimum absolute atomic E-state index is 0.949. The third-order valence-electron chi connectivity index (χ3n) is 0.906. The topological polar surface area (TPSA) is 17.8 Å². The minimum Gasteiger partial charge on any atom is -0.329 e. The second-order valence-electron chi connectivity index (χ2n) is 1.47. The van der Waals surface area contributed by atoms with E-state index in [-0.39, 0.29) is 0 Å². The van der Waals surface area contributed by atoms with Gasteiger partial charge in [0, 0.05) is 25.7 Å².